The van der Waals surface area contributed by atoms with Crippen LogP contribution in [0.4, 0.5) is 0 Å². The van der Waals surface area contributed by atoms with E-state index in [1.807, 2.05) is 0 Å². The first-order valence-electron chi connectivity index (χ1n) is 7.19. The van der Waals surface area contributed by atoms with Crippen molar-refractivity contribution in [3.05, 3.63) is 30.1 Å². The van der Waals surface area contributed by atoms with E-state index in [2.05, 4.69) is 20.8 Å². The average Bonchev–Trinajstić information content (AvgIpc) is 2.98. The lowest BCUT2D eigenvalue weighted by Crippen LogP contribution is -2.33. The van der Waals surface area contributed by atoms with Crippen LogP contribution in [0.5, 0.6) is 0 Å². The lowest BCUT2D eigenvalue weighted by atomic mass is 10.2. The minimum absolute atomic E-state index is 0.0461. The number of hydrazone groups is 1. The third-order valence-electron chi connectivity index (χ3n) is 3.38. The zero-order valence-corrected chi connectivity index (χ0v) is 12.1. The Morgan fingerprint density at radius 3 is 2.76 bits per heavy atom. The summed E-state index contributed by atoms with van der Waals surface area (Å²) in [7, 11) is 0. The number of nitrogens with one attached hydrogen (secondary N) is 2. The third-order valence-corrected chi connectivity index (χ3v) is 3.38. The number of carbonyl (C=O) groups excluding carboxylic acids is 2. The normalized spacial score (nSPS) is 15.8. The number of pyridine rings is 1. The molecule has 0 unspecified atom stereocenters. The van der Waals surface area contributed by atoms with Crippen LogP contribution < -0.4 is 10.7 Å². The van der Waals surface area contributed by atoms with Gasteiger partial charge in [0.05, 0.1) is 6.42 Å². The van der Waals surface area contributed by atoms with Gasteiger partial charge in [0.1, 0.15) is 5.69 Å². The smallest absolute Gasteiger partial charge is 0.289 e. The van der Waals surface area contributed by atoms with E-state index in [1.165, 1.54) is 12.8 Å². The third kappa shape index (κ3) is 4.98. The van der Waals surface area contributed by atoms with Gasteiger partial charge in [-0.15, -0.1) is 0 Å². The van der Waals surface area contributed by atoms with Gasteiger partial charge in [-0.05, 0) is 31.9 Å². The van der Waals surface area contributed by atoms with Crippen LogP contribution in [-0.2, 0) is 4.79 Å². The lowest BCUT2D eigenvalue weighted by Gasteiger charge is -2.11. The maximum absolute atomic E-state index is 11.8. The van der Waals surface area contributed by atoms with Gasteiger partial charge in [-0.25, -0.2) is 5.43 Å². The minimum Gasteiger partial charge on any atom is -0.353 e. The number of amides is 2. The first-order chi connectivity index (χ1) is 10.1. The second kappa shape index (κ2) is 7.52. The minimum atomic E-state index is -0.383. The van der Waals surface area contributed by atoms with Crippen molar-refractivity contribution in [1.29, 1.82) is 0 Å². The van der Waals surface area contributed by atoms with E-state index in [9.17, 15) is 9.59 Å². The van der Waals surface area contributed by atoms with Crippen LogP contribution in [0.15, 0.2) is 29.5 Å². The van der Waals surface area contributed by atoms with Crippen molar-refractivity contribution >= 4 is 17.5 Å². The molecule has 2 rings (SSSR count). The topological polar surface area (TPSA) is 83.5 Å². The summed E-state index contributed by atoms with van der Waals surface area (Å²) in [5.41, 5.74) is 3.26. The van der Waals surface area contributed by atoms with Crippen molar-refractivity contribution < 1.29 is 9.59 Å². The zero-order chi connectivity index (χ0) is 15.1. The number of hydrogen-bond donors (Lipinski definition) is 2. The van der Waals surface area contributed by atoms with Gasteiger partial charge < -0.3 is 5.32 Å². The molecule has 21 heavy (non-hydrogen) atoms. The first-order valence-corrected chi connectivity index (χ1v) is 7.19. The fourth-order valence-corrected chi connectivity index (χ4v) is 2.32. The molecule has 0 atom stereocenters. The second-order valence-electron chi connectivity index (χ2n) is 5.23. The van der Waals surface area contributed by atoms with Crippen LogP contribution in [0.2, 0.25) is 0 Å². The van der Waals surface area contributed by atoms with E-state index in [4.69, 9.17) is 0 Å². The summed E-state index contributed by atoms with van der Waals surface area (Å²) in [6.45, 7) is 1.72. The van der Waals surface area contributed by atoms with E-state index >= 15 is 0 Å². The van der Waals surface area contributed by atoms with E-state index in [0.717, 1.165) is 12.8 Å². The molecular formula is C15H20N4O2. The van der Waals surface area contributed by atoms with E-state index in [-0.39, 0.29) is 18.2 Å². The molecule has 1 heterocycles. The second-order valence-corrected chi connectivity index (χ2v) is 5.23. The molecule has 6 nitrogen and oxygen atoms in total. The van der Waals surface area contributed by atoms with Gasteiger partial charge in [0, 0.05) is 18.0 Å². The highest BCUT2D eigenvalue weighted by Gasteiger charge is 2.17. The monoisotopic (exact) mass is 288 g/mol. The fraction of sp³-hybridized carbons (Fsp3) is 0.467. The average molecular weight is 288 g/mol. The summed E-state index contributed by atoms with van der Waals surface area (Å²) in [6, 6.07) is 5.37. The van der Waals surface area contributed by atoms with Gasteiger partial charge in [0.2, 0.25) is 5.91 Å². The number of rotatable bonds is 5. The number of nitrogens with zero attached hydrogens (tertiary/aromatic N) is 2. The van der Waals surface area contributed by atoms with Crippen LogP contribution in [0.1, 0.15) is 49.5 Å². The maximum Gasteiger partial charge on any atom is 0.289 e. The summed E-state index contributed by atoms with van der Waals surface area (Å²) in [4.78, 5) is 27.5. The summed E-state index contributed by atoms with van der Waals surface area (Å²) in [6.07, 6.45) is 6.20. The molecule has 1 aromatic heterocycles. The van der Waals surface area contributed by atoms with Crippen LogP contribution >= 0.6 is 0 Å². The Morgan fingerprint density at radius 1 is 1.33 bits per heavy atom. The molecule has 2 amide bonds. The van der Waals surface area contributed by atoms with Crippen molar-refractivity contribution in [3.63, 3.8) is 0 Å². The number of carbonyl (C=O) groups is 2. The molecule has 1 saturated carbocycles. The molecule has 112 valence electrons. The Bertz CT molecular complexity index is 522. The van der Waals surface area contributed by atoms with Crippen molar-refractivity contribution in [2.24, 2.45) is 5.10 Å². The van der Waals surface area contributed by atoms with Crippen LogP contribution in [-0.4, -0.2) is 28.6 Å². The summed E-state index contributed by atoms with van der Waals surface area (Å²) in [5.74, 6) is -0.429. The largest absolute Gasteiger partial charge is 0.353 e. The van der Waals surface area contributed by atoms with Gasteiger partial charge in [-0.1, -0.05) is 18.9 Å². The quantitative estimate of drug-likeness (QED) is 0.638. The van der Waals surface area contributed by atoms with Crippen molar-refractivity contribution in [2.75, 3.05) is 0 Å². The molecule has 1 aliphatic rings. The standard InChI is InChI=1S/C15H20N4O2/c1-11(10-14(20)17-12-6-2-3-7-12)18-19-15(21)13-8-4-5-9-16-13/h4-5,8-9,12H,2-3,6-7,10H2,1H3,(H,17,20)(H,19,21)/b18-11-. The molecule has 0 spiro atoms. The lowest BCUT2D eigenvalue weighted by molar-refractivity contribution is -0.120. The van der Waals surface area contributed by atoms with Gasteiger partial charge >= 0.3 is 0 Å². The van der Waals surface area contributed by atoms with E-state index in [1.54, 1.807) is 31.3 Å². The van der Waals surface area contributed by atoms with Crippen molar-refractivity contribution in [3.8, 4) is 0 Å². The van der Waals surface area contributed by atoms with Gasteiger partial charge in [-0.2, -0.15) is 5.10 Å². The van der Waals surface area contributed by atoms with Crippen LogP contribution in [0.3, 0.4) is 0 Å². The molecule has 0 bridgehead atoms. The number of aromatic nitrogens is 1. The Hall–Kier alpha value is -2.24. The molecule has 1 aromatic rings. The van der Waals surface area contributed by atoms with Gasteiger partial charge in [-0.3, -0.25) is 14.6 Å². The van der Waals surface area contributed by atoms with Gasteiger partial charge in [0.25, 0.3) is 5.91 Å². The molecule has 0 aliphatic heterocycles. The van der Waals surface area contributed by atoms with E-state index in [0.29, 0.717) is 17.4 Å². The van der Waals surface area contributed by atoms with Crippen molar-refractivity contribution in [1.82, 2.24) is 15.7 Å². The zero-order valence-electron chi connectivity index (χ0n) is 12.1. The Balaban J connectivity index is 1.78. The molecule has 0 aromatic carbocycles. The molecule has 0 radical (unpaired) electrons. The predicted octanol–water partition coefficient (Wildman–Crippen LogP) is 1.64. The van der Waals surface area contributed by atoms with Gasteiger partial charge in [0.15, 0.2) is 0 Å². The SMILES string of the molecule is C/C(CC(=O)NC1CCCC1)=N/NC(=O)c1ccccn1. The molecule has 0 saturated heterocycles. The molecule has 6 heteroatoms. The highest BCUT2D eigenvalue weighted by molar-refractivity contribution is 6.01. The summed E-state index contributed by atoms with van der Waals surface area (Å²) < 4.78 is 0. The van der Waals surface area contributed by atoms with Crippen molar-refractivity contribution in [2.45, 2.75) is 45.1 Å². The van der Waals surface area contributed by atoms with Crippen LogP contribution in [0, 0.1) is 0 Å². The fourth-order valence-electron chi connectivity index (χ4n) is 2.32. The number of hydrogen-bond acceptors (Lipinski definition) is 4. The maximum atomic E-state index is 11.8. The van der Waals surface area contributed by atoms with E-state index < -0.39 is 0 Å². The molecule has 2 N–H and O–H groups in total. The Labute approximate surface area is 124 Å². The summed E-state index contributed by atoms with van der Waals surface area (Å²) in [5, 5.41) is 6.92. The Kier molecular flexibility index (Phi) is 5.43. The predicted molar refractivity (Wildman–Crippen MR) is 79.8 cm³/mol. The highest BCUT2D eigenvalue weighted by Crippen LogP contribution is 2.17. The highest BCUT2D eigenvalue weighted by atomic mass is 16.2. The Morgan fingerprint density at radius 2 is 2.10 bits per heavy atom. The molecular weight excluding hydrogens is 268 g/mol. The summed E-state index contributed by atoms with van der Waals surface area (Å²) >= 11 is 0. The van der Waals surface area contributed by atoms with Crippen LogP contribution in [0.25, 0.3) is 0 Å². The molecule has 1 aliphatic carbocycles. The molecule has 1 fully saturated rings. The first kappa shape index (κ1) is 15.2.